The van der Waals surface area contributed by atoms with Crippen molar-refractivity contribution >= 4 is 17.8 Å². The molecule has 0 fully saturated rings. The Hall–Kier alpha value is -3.80. The molecule has 1 atom stereocenters. The molecule has 162 valence electrons. The van der Waals surface area contributed by atoms with Gasteiger partial charge in [0.15, 0.2) is 5.41 Å². The molecule has 1 unspecified atom stereocenters. The van der Waals surface area contributed by atoms with Gasteiger partial charge in [0.2, 0.25) is 11.8 Å². The highest BCUT2D eigenvalue weighted by Crippen LogP contribution is 2.53. The molecule has 31 heavy (non-hydrogen) atoms. The van der Waals surface area contributed by atoms with Crippen LogP contribution >= 0.6 is 0 Å². The summed E-state index contributed by atoms with van der Waals surface area (Å²) >= 11 is 0. The standard InChI is InChI=1S/C22H23N3O6/c1-12-17(19(27)31-21(2,3)4)22(20(28)25(12)11-16(26)29-5)13-8-6-7-9-15(13)30-18(24)14(22)10-23/h6-9H,11,24H2,1-5H3. The van der Waals surface area contributed by atoms with E-state index in [1.165, 1.54) is 14.0 Å². The number of methoxy groups -OCH3 is 1. The lowest BCUT2D eigenvalue weighted by atomic mass is 9.68. The molecule has 2 aliphatic heterocycles. The van der Waals surface area contributed by atoms with E-state index in [2.05, 4.69) is 0 Å². The number of carbonyl (C=O) groups is 3. The Kier molecular flexibility index (Phi) is 5.28. The van der Waals surface area contributed by atoms with Crippen LogP contribution in [0.1, 0.15) is 33.3 Å². The van der Waals surface area contributed by atoms with Crippen molar-refractivity contribution in [3.05, 3.63) is 52.6 Å². The summed E-state index contributed by atoms with van der Waals surface area (Å²) in [5.41, 5.74) is 3.33. The third-order valence-corrected chi connectivity index (χ3v) is 5.07. The summed E-state index contributed by atoms with van der Waals surface area (Å²) in [7, 11) is 1.19. The van der Waals surface area contributed by atoms with E-state index in [4.69, 9.17) is 19.9 Å². The largest absolute Gasteiger partial charge is 0.468 e. The Morgan fingerprint density at radius 1 is 1.29 bits per heavy atom. The van der Waals surface area contributed by atoms with Crippen molar-refractivity contribution in [3.63, 3.8) is 0 Å². The molecule has 9 heteroatoms. The van der Waals surface area contributed by atoms with Gasteiger partial charge in [-0.05, 0) is 33.8 Å². The summed E-state index contributed by atoms with van der Waals surface area (Å²) in [6, 6.07) is 8.42. The minimum Gasteiger partial charge on any atom is -0.468 e. The Balaban J connectivity index is 2.37. The molecular weight excluding hydrogens is 402 g/mol. The third kappa shape index (κ3) is 3.30. The van der Waals surface area contributed by atoms with E-state index in [0.29, 0.717) is 0 Å². The fourth-order valence-corrected chi connectivity index (χ4v) is 3.86. The highest BCUT2D eigenvalue weighted by molar-refractivity contribution is 6.13. The summed E-state index contributed by atoms with van der Waals surface area (Å²) in [4.78, 5) is 40.4. The predicted octanol–water partition coefficient (Wildman–Crippen LogP) is 1.64. The average Bonchev–Trinajstić information content (AvgIpc) is 2.89. The molecule has 1 aromatic rings. The number of carbonyl (C=O) groups excluding carboxylic acids is 3. The maximum Gasteiger partial charge on any atom is 0.338 e. The number of hydrogen-bond donors (Lipinski definition) is 1. The molecule has 1 amide bonds. The number of para-hydroxylation sites is 1. The second-order valence-electron chi connectivity index (χ2n) is 8.13. The number of nitrogens with zero attached hydrogens (tertiary/aromatic N) is 2. The van der Waals surface area contributed by atoms with Crippen molar-refractivity contribution in [1.29, 1.82) is 5.26 Å². The maximum atomic E-state index is 13.9. The number of amides is 1. The summed E-state index contributed by atoms with van der Waals surface area (Å²) in [5.74, 6) is -2.26. The van der Waals surface area contributed by atoms with E-state index in [1.54, 1.807) is 45.0 Å². The van der Waals surface area contributed by atoms with Crippen LogP contribution < -0.4 is 10.5 Å². The Morgan fingerprint density at radius 3 is 2.52 bits per heavy atom. The first-order valence-electron chi connectivity index (χ1n) is 9.50. The Morgan fingerprint density at radius 2 is 1.94 bits per heavy atom. The number of fused-ring (bicyclic) bond motifs is 2. The quantitative estimate of drug-likeness (QED) is 0.723. The number of benzene rings is 1. The second-order valence-corrected chi connectivity index (χ2v) is 8.13. The molecule has 1 spiro atoms. The van der Waals surface area contributed by atoms with E-state index >= 15 is 0 Å². The van der Waals surface area contributed by atoms with Crippen molar-refractivity contribution in [2.45, 2.75) is 38.7 Å². The van der Waals surface area contributed by atoms with Crippen LogP contribution in [0.15, 0.2) is 47.0 Å². The smallest absolute Gasteiger partial charge is 0.338 e. The van der Waals surface area contributed by atoms with E-state index in [-0.39, 0.29) is 34.0 Å². The van der Waals surface area contributed by atoms with E-state index in [0.717, 1.165) is 4.90 Å². The third-order valence-electron chi connectivity index (χ3n) is 5.07. The molecular formula is C22H23N3O6. The van der Waals surface area contributed by atoms with Gasteiger partial charge < -0.3 is 24.8 Å². The molecule has 0 aliphatic carbocycles. The van der Waals surface area contributed by atoms with Crippen LogP contribution in [0.25, 0.3) is 0 Å². The number of hydrogen-bond acceptors (Lipinski definition) is 8. The lowest BCUT2D eigenvalue weighted by molar-refractivity contribution is -0.151. The number of allylic oxidation sites excluding steroid dienone is 1. The van der Waals surface area contributed by atoms with Crippen LogP contribution in [0.2, 0.25) is 0 Å². The van der Waals surface area contributed by atoms with E-state index in [9.17, 15) is 19.6 Å². The molecule has 3 rings (SSSR count). The highest BCUT2D eigenvalue weighted by Gasteiger charge is 2.62. The summed E-state index contributed by atoms with van der Waals surface area (Å²) in [5, 5.41) is 9.96. The van der Waals surface area contributed by atoms with Gasteiger partial charge in [-0.2, -0.15) is 5.26 Å². The first kappa shape index (κ1) is 21.9. The molecule has 2 N–H and O–H groups in total. The normalized spacial score (nSPS) is 20.4. The monoisotopic (exact) mass is 425 g/mol. The Labute approximate surface area is 179 Å². The molecule has 9 nitrogen and oxygen atoms in total. The fourth-order valence-electron chi connectivity index (χ4n) is 3.86. The van der Waals surface area contributed by atoms with Crippen LogP contribution in [-0.2, 0) is 29.3 Å². The van der Waals surface area contributed by atoms with Crippen molar-refractivity contribution in [2.24, 2.45) is 5.73 Å². The van der Waals surface area contributed by atoms with Gasteiger partial charge in [0.1, 0.15) is 29.5 Å². The van der Waals surface area contributed by atoms with Crippen LogP contribution in [0.3, 0.4) is 0 Å². The zero-order chi connectivity index (χ0) is 23.1. The summed E-state index contributed by atoms with van der Waals surface area (Å²) in [6.45, 7) is 6.12. The number of esters is 2. The van der Waals surface area contributed by atoms with Gasteiger partial charge in [0.05, 0.1) is 12.7 Å². The fraction of sp³-hybridized carbons (Fsp3) is 0.364. The van der Waals surface area contributed by atoms with E-state index < -0.39 is 35.4 Å². The first-order valence-corrected chi connectivity index (χ1v) is 9.50. The van der Waals surface area contributed by atoms with Crippen molar-refractivity contribution in [3.8, 4) is 11.8 Å². The van der Waals surface area contributed by atoms with Crippen molar-refractivity contribution in [1.82, 2.24) is 4.90 Å². The van der Waals surface area contributed by atoms with Crippen LogP contribution in [0.4, 0.5) is 0 Å². The van der Waals surface area contributed by atoms with Crippen LogP contribution in [0.5, 0.6) is 5.75 Å². The van der Waals surface area contributed by atoms with Gasteiger partial charge in [-0.1, -0.05) is 18.2 Å². The summed E-state index contributed by atoms with van der Waals surface area (Å²) in [6.07, 6.45) is 0. The number of nitrogens with two attached hydrogens (primary N) is 1. The summed E-state index contributed by atoms with van der Waals surface area (Å²) < 4.78 is 15.9. The molecule has 2 heterocycles. The molecule has 0 bridgehead atoms. The van der Waals surface area contributed by atoms with Crippen LogP contribution in [0, 0.1) is 11.3 Å². The SMILES string of the molecule is COC(=O)CN1C(=O)C2(C(C#N)=C(N)Oc3ccccc32)C(C(=O)OC(C)(C)C)=C1C. The molecule has 2 aliphatic rings. The average molecular weight is 425 g/mol. The maximum absolute atomic E-state index is 13.9. The number of rotatable bonds is 3. The molecule has 1 aromatic carbocycles. The molecule has 0 aromatic heterocycles. The van der Waals surface area contributed by atoms with Crippen molar-refractivity contribution < 1.29 is 28.6 Å². The van der Waals surface area contributed by atoms with Gasteiger partial charge in [0, 0.05) is 11.3 Å². The Bertz CT molecular complexity index is 1090. The van der Waals surface area contributed by atoms with Crippen LogP contribution in [-0.4, -0.2) is 42.0 Å². The highest BCUT2D eigenvalue weighted by atomic mass is 16.6. The lowest BCUT2D eigenvalue weighted by Gasteiger charge is -2.35. The number of nitriles is 1. The molecule has 0 saturated heterocycles. The number of ether oxygens (including phenoxy) is 3. The first-order chi connectivity index (χ1) is 14.5. The van der Waals surface area contributed by atoms with Gasteiger partial charge >= 0.3 is 11.9 Å². The minimum atomic E-state index is -1.91. The molecule has 0 saturated carbocycles. The van der Waals surface area contributed by atoms with Gasteiger partial charge in [-0.15, -0.1) is 0 Å². The predicted molar refractivity (Wildman–Crippen MR) is 108 cm³/mol. The zero-order valence-electron chi connectivity index (χ0n) is 17.9. The van der Waals surface area contributed by atoms with Crippen molar-refractivity contribution in [2.75, 3.05) is 13.7 Å². The topological polar surface area (TPSA) is 132 Å². The minimum absolute atomic E-state index is 0.0911. The van der Waals surface area contributed by atoms with Gasteiger partial charge in [-0.3, -0.25) is 9.59 Å². The molecule has 0 radical (unpaired) electrons. The zero-order valence-corrected chi connectivity index (χ0v) is 17.9. The second kappa shape index (κ2) is 7.47. The van der Waals surface area contributed by atoms with E-state index in [1.807, 2.05) is 6.07 Å². The lowest BCUT2D eigenvalue weighted by Crippen LogP contribution is -2.48. The van der Waals surface area contributed by atoms with Gasteiger partial charge in [0.25, 0.3) is 0 Å². The van der Waals surface area contributed by atoms with Gasteiger partial charge in [-0.25, -0.2) is 4.79 Å².